The van der Waals surface area contributed by atoms with Gasteiger partial charge < -0.3 is 24.6 Å². The van der Waals surface area contributed by atoms with E-state index >= 15 is 0 Å². The zero-order valence-corrected chi connectivity index (χ0v) is 20.7. The van der Waals surface area contributed by atoms with E-state index < -0.39 is 14.2 Å². The molecule has 1 fully saturated rings. The normalized spacial score (nSPS) is 17.1. The van der Waals surface area contributed by atoms with Crippen LogP contribution in [0.3, 0.4) is 0 Å². The lowest BCUT2D eigenvalue weighted by Gasteiger charge is -2.32. The van der Waals surface area contributed by atoms with E-state index in [-0.39, 0.29) is 6.04 Å². The first kappa shape index (κ1) is 22.7. The van der Waals surface area contributed by atoms with Gasteiger partial charge in [-0.05, 0) is 42.6 Å². The van der Waals surface area contributed by atoms with Crippen molar-refractivity contribution in [3.63, 3.8) is 0 Å². The topological polar surface area (TPSA) is 92.5 Å². The van der Waals surface area contributed by atoms with E-state index in [1.807, 2.05) is 28.4 Å². The SMILES string of the molecule is C[Si](C)(C)CCOCn1ccc2c(NC3CCCN(C(=O)O)C3)c(-c3ccsn3)cnc21. The molecule has 0 spiro atoms. The molecule has 1 aliphatic heterocycles. The zero-order valence-electron chi connectivity index (χ0n) is 18.9. The number of piperidine rings is 1. The quantitative estimate of drug-likeness (QED) is 0.352. The van der Waals surface area contributed by atoms with E-state index in [0.717, 1.165) is 53.5 Å². The molecule has 4 rings (SSSR count). The number of carboxylic acid groups (broad SMARTS) is 1. The summed E-state index contributed by atoms with van der Waals surface area (Å²) in [7, 11) is -1.13. The van der Waals surface area contributed by atoms with Gasteiger partial charge in [-0.2, -0.15) is 4.37 Å². The molecule has 1 aliphatic rings. The summed E-state index contributed by atoms with van der Waals surface area (Å²) in [5, 5.41) is 16.0. The minimum Gasteiger partial charge on any atom is -0.465 e. The molecule has 0 bridgehead atoms. The van der Waals surface area contributed by atoms with E-state index in [9.17, 15) is 9.90 Å². The lowest BCUT2D eigenvalue weighted by molar-refractivity contribution is 0.0899. The predicted molar refractivity (Wildman–Crippen MR) is 131 cm³/mol. The first-order valence-corrected chi connectivity index (χ1v) is 15.6. The number of likely N-dealkylation sites (tertiary alicyclic amines) is 1. The largest absolute Gasteiger partial charge is 0.465 e. The molecule has 0 radical (unpaired) electrons. The molecule has 1 atom stereocenters. The highest BCUT2D eigenvalue weighted by atomic mass is 32.1. The van der Waals surface area contributed by atoms with Gasteiger partial charge in [0.1, 0.15) is 12.4 Å². The number of ether oxygens (including phenoxy) is 1. The van der Waals surface area contributed by atoms with Crippen LogP contribution in [-0.2, 0) is 11.5 Å². The van der Waals surface area contributed by atoms with Crippen LogP contribution in [0.4, 0.5) is 10.5 Å². The first-order valence-electron chi connectivity index (χ1n) is 11.0. The maximum absolute atomic E-state index is 11.5. The number of anilines is 1. The summed E-state index contributed by atoms with van der Waals surface area (Å²) >= 11 is 1.41. The summed E-state index contributed by atoms with van der Waals surface area (Å²) in [6.45, 7) is 9.31. The molecule has 3 aromatic rings. The average Bonchev–Trinajstić information content (AvgIpc) is 3.41. The number of nitrogens with zero attached hydrogens (tertiary/aromatic N) is 4. The standard InChI is InChI=1S/C22H31N5O3SSi/c1-32(2,3)12-10-30-15-27-9-6-17-20(24-16-5-4-8-26(14-16)22(28)29)18(13-23-21(17)27)19-7-11-31-25-19/h6-7,9,11,13,16H,4-5,8,10,12,14-15H2,1-3H3,(H,23,24)(H,28,29). The van der Waals surface area contributed by atoms with Crippen LogP contribution in [0.2, 0.25) is 25.7 Å². The fraction of sp³-hybridized carbons (Fsp3) is 0.500. The summed E-state index contributed by atoms with van der Waals surface area (Å²) < 4.78 is 12.5. The number of hydrogen-bond donors (Lipinski definition) is 2. The van der Waals surface area contributed by atoms with Gasteiger partial charge in [-0.25, -0.2) is 9.78 Å². The van der Waals surface area contributed by atoms with Crippen molar-refractivity contribution in [3.8, 4) is 11.3 Å². The highest BCUT2D eigenvalue weighted by Crippen LogP contribution is 2.35. The molecule has 8 nitrogen and oxygen atoms in total. The molecule has 0 aromatic carbocycles. The Balaban J connectivity index is 1.60. The third kappa shape index (κ3) is 5.30. The Morgan fingerprint density at radius 2 is 2.22 bits per heavy atom. The Morgan fingerprint density at radius 3 is 2.94 bits per heavy atom. The summed E-state index contributed by atoms with van der Waals surface area (Å²) in [6, 6.07) is 5.21. The van der Waals surface area contributed by atoms with E-state index in [0.29, 0.717) is 19.8 Å². The van der Waals surface area contributed by atoms with E-state index in [4.69, 9.17) is 9.72 Å². The number of carbonyl (C=O) groups is 1. The fourth-order valence-electron chi connectivity index (χ4n) is 3.96. The molecule has 32 heavy (non-hydrogen) atoms. The average molecular weight is 474 g/mol. The van der Waals surface area contributed by atoms with Crippen molar-refractivity contribution >= 4 is 42.4 Å². The molecule has 172 valence electrons. The molecule has 0 aliphatic carbocycles. The van der Waals surface area contributed by atoms with Gasteiger partial charge in [-0.15, -0.1) is 0 Å². The molecule has 0 saturated carbocycles. The van der Waals surface area contributed by atoms with Crippen LogP contribution in [0.15, 0.2) is 29.9 Å². The van der Waals surface area contributed by atoms with Crippen LogP contribution in [-0.4, -0.2) is 63.8 Å². The van der Waals surface area contributed by atoms with Crippen molar-refractivity contribution in [1.82, 2.24) is 18.8 Å². The number of hydrogen-bond acceptors (Lipinski definition) is 6. The highest BCUT2D eigenvalue weighted by molar-refractivity contribution is 7.03. The van der Waals surface area contributed by atoms with E-state index in [2.05, 4.69) is 35.4 Å². The van der Waals surface area contributed by atoms with Gasteiger partial charge in [0.15, 0.2) is 0 Å². The number of amides is 1. The first-order chi connectivity index (χ1) is 15.3. The summed E-state index contributed by atoms with van der Waals surface area (Å²) in [5.41, 5.74) is 3.62. The molecule has 4 heterocycles. The van der Waals surface area contributed by atoms with Crippen molar-refractivity contribution in [2.24, 2.45) is 0 Å². The Hall–Kier alpha value is -2.43. The molecule has 10 heteroatoms. The van der Waals surface area contributed by atoms with Gasteiger partial charge in [0.25, 0.3) is 0 Å². The number of pyridine rings is 1. The van der Waals surface area contributed by atoms with Crippen LogP contribution in [0.25, 0.3) is 22.3 Å². The van der Waals surface area contributed by atoms with Gasteiger partial charge >= 0.3 is 6.09 Å². The maximum atomic E-state index is 11.5. The van der Waals surface area contributed by atoms with Crippen LogP contribution < -0.4 is 5.32 Å². The number of aromatic nitrogens is 3. The Labute approximate surface area is 193 Å². The Morgan fingerprint density at radius 1 is 1.38 bits per heavy atom. The molecule has 2 N–H and O–H groups in total. The molecular weight excluding hydrogens is 442 g/mol. The second kappa shape index (κ2) is 9.59. The lowest BCUT2D eigenvalue weighted by Crippen LogP contribution is -2.44. The molecular formula is C22H31N5O3SSi. The highest BCUT2D eigenvalue weighted by Gasteiger charge is 2.25. The third-order valence-electron chi connectivity index (χ3n) is 5.77. The molecule has 1 amide bonds. The van der Waals surface area contributed by atoms with Crippen molar-refractivity contribution < 1.29 is 14.6 Å². The zero-order chi connectivity index (χ0) is 22.7. The van der Waals surface area contributed by atoms with Gasteiger partial charge in [0.05, 0.1) is 11.4 Å². The van der Waals surface area contributed by atoms with E-state index in [1.165, 1.54) is 16.4 Å². The second-order valence-corrected chi connectivity index (χ2v) is 15.8. The minimum absolute atomic E-state index is 0.0409. The van der Waals surface area contributed by atoms with Gasteiger partial charge in [0, 0.05) is 62.5 Å². The smallest absolute Gasteiger partial charge is 0.407 e. The minimum atomic E-state index is -1.13. The van der Waals surface area contributed by atoms with Crippen molar-refractivity contribution in [2.45, 2.75) is 51.3 Å². The third-order valence-corrected chi connectivity index (χ3v) is 8.03. The summed E-state index contributed by atoms with van der Waals surface area (Å²) in [6.07, 6.45) is 4.77. The fourth-order valence-corrected chi connectivity index (χ4v) is 5.24. The van der Waals surface area contributed by atoms with Crippen LogP contribution in [0, 0.1) is 0 Å². The number of nitrogens with one attached hydrogen (secondary N) is 1. The number of rotatable bonds is 8. The molecule has 3 aromatic heterocycles. The van der Waals surface area contributed by atoms with E-state index in [1.54, 1.807) is 0 Å². The van der Waals surface area contributed by atoms with Gasteiger partial charge in [0.2, 0.25) is 0 Å². The van der Waals surface area contributed by atoms with Gasteiger partial charge in [-0.1, -0.05) is 19.6 Å². The monoisotopic (exact) mass is 473 g/mol. The van der Waals surface area contributed by atoms with Gasteiger partial charge in [-0.3, -0.25) is 0 Å². The molecule has 1 saturated heterocycles. The summed E-state index contributed by atoms with van der Waals surface area (Å²) in [4.78, 5) is 17.7. The van der Waals surface area contributed by atoms with Crippen LogP contribution in [0.1, 0.15) is 12.8 Å². The predicted octanol–water partition coefficient (Wildman–Crippen LogP) is 5.03. The Bertz CT molecular complexity index is 1060. The number of fused-ring (bicyclic) bond motifs is 1. The van der Waals surface area contributed by atoms with Crippen molar-refractivity contribution in [3.05, 3.63) is 29.9 Å². The van der Waals surface area contributed by atoms with Crippen LogP contribution >= 0.6 is 11.5 Å². The maximum Gasteiger partial charge on any atom is 0.407 e. The van der Waals surface area contributed by atoms with Crippen LogP contribution in [0.5, 0.6) is 0 Å². The second-order valence-electron chi connectivity index (χ2n) is 9.51. The Kier molecular flexibility index (Phi) is 6.82. The summed E-state index contributed by atoms with van der Waals surface area (Å²) in [5.74, 6) is 0. The van der Waals surface area contributed by atoms with Crippen molar-refractivity contribution in [2.75, 3.05) is 25.0 Å². The van der Waals surface area contributed by atoms with Crippen molar-refractivity contribution in [1.29, 1.82) is 0 Å². The lowest BCUT2D eigenvalue weighted by atomic mass is 10.0. The molecule has 1 unspecified atom stereocenters.